The van der Waals surface area contributed by atoms with Crippen molar-refractivity contribution in [3.63, 3.8) is 0 Å². The Morgan fingerprint density at radius 3 is 2.68 bits per heavy atom. The largest absolute Gasteiger partial charge is 0.380 e. The van der Waals surface area contributed by atoms with E-state index in [0.717, 1.165) is 37.6 Å². The lowest BCUT2D eigenvalue weighted by Crippen LogP contribution is -2.42. The molecule has 2 fully saturated rings. The van der Waals surface area contributed by atoms with Gasteiger partial charge in [-0.25, -0.2) is 0 Å². The molecule has 0 aromatic rings. The average Bonchev–Trinajstić information content (AvgIpc) is 3.17. The highest BCUT2D eigenvalue weighted by molar-refractivity contribution is 4.91. The topological polar surface area (TPSA) is 24.5 Å². The van der Waals surface area contributed by atoms with Gasteiger partial charge in [0.15, 0.2) is 0 Å². The van der Waals surface area contributed by atoms with Gasteiger partial charge < -0.3 is 10.1 Å². The Kier molecular flexibility index (Phi) is 6.11. The minimum absolute atomic E-state index is 0.699. The van der Waals surface area contributed by atoms with Crippen molar-refractivity contribution in [3.05, 3.63) is 0 Å². The van der Waals surface area contributed by atoms with E-state index in [1.165, 1.54) is 38.8 Å². The maximum absolute atomic E-state index is 5.79. The van der Waals surface area contributed by atoms with Gasteiger partial charge in [-0.1, -0.05) is 13.8 Å². The van der Waals surface area contributed by atoms with Gasteiger partial charge in [0, 0.05) is 31.8 Å². The van der Waals surface area contributed by atoms with Crippen LogP contribution in [-0.2, 0) is 4.74 Å². The van der Waals surface area contributed by atoms with E-state index in [9.17, 15) is 0 Å². The molecule has 3 heteroatoms. The van der Waals surface area contributed by atoms with E-state index >= 15 is 0 Å². The summed E-state index contributed by atoms with van der Waals surface area (Å²) in [5.74, 6) is 1.70. The molecule has 2 unspecified atom stereocenters. The molecule has 112 valence electrons. The molecule has 0 radical (unpaired) electrons. The van der Waals surface area contributed by atoms with Crippen LogP contribution in [0, 0.1) is 11.8 Å². The fourth-order valence-corrected chi connectivity index (χ4v) is 2.89. The van der Waals surface area contributed by atoms with Crippen LogP contribution in [0.25, 0.3) is 0 Å². The van der Waals surface area contributed by atoms with Crippen LogP contribution in [0.4, 0.5) is 0 Å². The van der Waals surface area contributed by atoms with Crippen molar-refractivity contribution < 1.29 is 4.74 Å². The molecule has 1 saturated carbocycles. The maximum Gasteiger partial charge on any atom is 0.0593 e. The van der Waals surface area contributed by atoms with Crippen LogP contribution in [-0.4, -0.2) is 49.8 Å². The minimum Gasteiger partial charge on any atom is -0.380 e. The van der Waals surface area contributed by atoms with Crippen LogP contribution in [0.2, 0.25) is 0 Å². The molecular formula is C16H32N2O. The van der Waals surface area contributed by atoms with E-state index in [1.807, 2.05) is 0 Å². The fourth-order valence-electron chi connectivity index (χ4n) is 2.89. The Morgan fingerprint density at radius 2 is 2.00 bits per heavy atom. The van der Waals surface area contributed by atoms with Crippen molar-refractivity contribution in [1.82, 2.24) is 10.2 Å². The summed E-state index contributed by atoms with van der Waals surface area (Å²) in [6.45, 7) is 12.2. The van der Waals surface area contributed by atoms with Gasteiger partial charge in [0.1, 0.15) is 0 Å². The summed E-state index contributed by atoms with van der Waals surface area (Å²) >= 11 is 0. The van der Waals surface area contributed by atoms with Gasteiger partial charge in [0.25, 0.3) is 0 Å². The van der Waals surface area contributed by atoms with Crippen LogP contribution in [0.1, 0.15) is 46.5 Å². The first-order valence-corrected chi connectivity index (χ1v) is 8.22. The summed E-state index contributed by atoms with van der Waals surface area (Å²) in [6, 6.07) is 1.44. The normalized spacial score (nSPS) is 29.7. The maximum atomic E-state index is 5.79. The summed E-state index contributed by atoms with van der Waals surface area (Å²) < 4.78 is 5.79. The van der Waals surface area contributed by atoms with Crippen LogP contribution in [0.15, 0.2) is 0 Å². The second-order valence-electron chi connectivity index (χ2n) is 6.83. The number of hydrogen-bond acceptors (Lipinski definition) is 3. The first kappa shape index (κ1) is 15.3. The number of ether oxygens (including phenoxy) is 1. The molecule has 2 rings (SSSR count). The van der Waals surface area contributed by atoms with Gasteiger partial charge >= 0.3 is 0 Å². The summed E-state index contributed by atoms with van der Waals surface area (Å²) in [7, 11) is 0. The SMILES string of the molecule is CC(C)CCOCCN1CC(C2CC2)NCCC1C. The van der Waals surface area contributed by atoms with Gasteiger partial charge in [0.05, 0.1) is 6.61 Å². The molecule has 1 N–H and O–H groups in total. The molecule has 1 aliphatic carbocycles. The second-order valence-corrected chi connectivity index (χ2v) is 6.83. The van der Waals surface area contributed by atoms with Crippen LogP contribution >= 0.6 is 0 Å². The zero-order valence-corrected chi connectivity index (χ0v) is 13.0. The second kappa shape index (κ2) is 7.61. The van der Waals surface area contributed by atoms with Crippen LogP contribution in [0.5, 0.6) is 0 Å². The first-order valence-electron chi connectivity index (χ1n) is 8.22. The van der Waals surface area contributed by atoms with E-state index in [1.54, 1.807) is 0 Å². The summed E-state index contributed by atoms with van der Waals surface area (Å²) in [5, 5.41) is 3.74. The standard InChI is InChI=1S/C16H32N2O/c1-13(2)7-10-19-11-9-18-12-16(15-4-5-15)17-8-6-14(18)3/h13-17H,4-12H2,1-3H3. The molecular weight excluding hydrogens is 236 g/mol. The highest BCUT2D eigenvalue weighted by Gasteiger charge is 2.34. The third kappa shape index (κ3) is 5.41. The van der Waals surface area contributed by atoms with Crippen molar-refractivity contribution in [2.24, 2.45) is 11.8 Å². The zero-order valence-electron chi connectivity index (χ0n) is 13.0. The molecule has 2 aliphatic rings. The van der Waals surface area contributed by atoms with Crippen molar-refractivity contribution in [2.45, 2.75) is 58.5 Å². The highest BCUT2D eigenvalue weighted by Crippen LogP contribution is 2.33. The Hall–Kier alpha value is -0.120. The molecule has 19 heavy (non-hydrogen) atoms. The molecule has 1 aliphatic heterocycles. The fraction of sp³-hybridized carbons (Fsp3) is 1.00. The van der Waals surface area contributed by atoms with E-state index < -0.39 is 0 Å². The minimum atomic E-state index is 0.699. The van der Waals surface area contributed by atoms with E-state index in [0.29, 0.717) is 6.04 Å². The van der Waals surface area contributed by atoms with Crippen molar-refractivity contribution >= 4 is 0 Å². The lowest BCUT2D eigenvalue weighted by molar-refractivity contribution is 0.0819. The lowest BCUT2D eigenvalue weighted by Gasteiger charge is -2.29. The summed E-state index contributed by atoms with van der Waals surface area (Å²) in [5.41, 5.74) is 0. The zero-order chi connectivity index (χ0) is 13.7. The van der Waals surface area contributed by atoms with E-state index in [-0.39, 0.29) is 0 Å². The molecule has 2 atom stereocenters. The van der Waals surface area contributed by atoms with Gasteiger partial charge in [-0.2, -0.15) is 0 Å². The van der Waals surface area contributed by atoms with E-state index in [4.69, 9.17) is 4.74 Å². The molecule has 0 spiro atoms. The summed E-state index contributed by atoms with van der Waals surface area (Å²) in [6.07, 6.45) is 5.33. The molecule has 0 amide bonds. The van der Waals surface area contributed by atoms with Crippen molar-refractivity contribution in [2.75, 3.05) is 32.8 Å². The molecule has 1 saturated heterocycles. The molecule has 1 heterocycles. The Labute approximate surface area is 119 Å². The van der Waals surface area contributed by atoms with Gasteiger partial charge in [-0.3, -0.25) is 4.90 Å². The molecule has 3 nitrogen and oxygen atoms in total. The molecule has 0 aromatic heterocycles. The third-order valence-electron chi connectivity index (χ3n) is 4.58. The number of rotatable bonds is 7. The average molecular weight is 268 g/mol. The smallest absolute Gasteiger partial charge is 0.0593 e. The van der Waals surface area contributed by atoms with Gasteiger partial charge in [-0.05, 0) is 51.0 Å². The quantitative estimate of drug-likeness (QED) is 0.718. The van der Waals surface area contributed by atoms with Crippen LogP contribution < -0.4 is 5.32 Å². The molecule has 0 aromatic carbocycles. The summed E-state index contributed by atoms with van der Waals surface area (Å²) in [4.78, 5) is 2.64. The van der Waals surface area contributed by atoms with Gasteiger partial charge in [0.2, 0.25) is 0 Å². The Morgan fingerprint density at radius 1 is 1.21 bits per heavy atom. The molecule has 0 bridgehead atoms. The van der Waals surface area contributed by atoms with Gasteiger partial charge in [-0.15, -0.1) is 0 Å². The number of nitrogens with one attached hydrogen (secondary N) is 1. The van der Waals surface area contributed by atoms with Crippen molar-refractivity contribution in [3.8, 4) is 0 Å². The Balaban J connectivity index is 1.67. The Bertz CT molecular complexity index is 253. The predicted molar refractivity (Wildman–Crippen MR) is 80.4 cm³/mol. The highest BCUT2D eigenvalue weighted by atomic mass is 16.5. The number of hydrogen-bond donors (Lipinski definition) is 1. The third-order valence-corrected chi connectivity index (χ3v) is 4.58. The monoisotopic (exact) mass is 268 g/mol. The van der Waals surface area contributed by atoms with Crippen molar-refractivity contribution in [1.29, 1.82) is 0 Å². The predicted octanol–water partition coefficient (Wildman–Crippen LogP) is 2.51. The van der Waals surface area contributed by atoms with E-state index in [2.05, 4.69) is 31.0 Å². The van der Waals surface area contributed by atoms with Crippen LogP contribution in [0.3, 0.4) is 0 Å². The first-order chi connectivity index (χ1) is 9.16. The number of nitrogens with zero attached hydrogens (tertiary/aromatic N) is 1. The lowest BCUT2D eigenvalue weighted by atomic mass is 10.1.